The van der Waals surface area contributed by atoms with Crippen molar-refractivity contribution in [1.29, 1.82) is 5.26 Å². The second-order valence-corrected chi connectivity index (χ2v) is 6.49. The number of sulfonamides is 1. The normalized spacial score (nSPS) is 16.8. The lowest BCUT2D eigenvalue weighted by Crippen LogP contribution is -2.41. The van der Waals surface area contributed by atoms with Gasteiger partial charge in [-0.15, -0.1) is 0 Å². The zero-order chi connectivity index (χ0) is 13.9. The molecule has 0 bridgehead atoms. The Morgan fingerprint density at radius 2 is 2.00 bits per heavy atom. The lowest BCUT2D eigenvalue weighted by Gasteiger charge is -2.16. The molecule has 3 N–H and O–H groups in total. The molecular formula is C13H17N3O2S. The molecule has 102 valence electrons. The third-order valence-corrected chi connectivity index (χ3v) is 4.77. The van der Waals surface area contributed by atoms with E-state index in [-0.39, 0.29) is 17.4 Å². The molecule has 0 aromatic heterocycles. The summed E-state index contributed by atoms with van der Waals surface area (Å²) in [5.41, 5.74) is 6.40. The molecule has 0 spiro atoms. The predicted molar refractivity (Wildman–Crippen MR) is 71.6 cm³/mol. The van der Waals surface area contributed by atoms with E-state index < -0.39 is 10.0 Å². The summed E-state index contributed by atoms with van der Waals surface area (Å²) in [6, 6.07) is 8.21. The van der Waals surface area contributed by atoms with E-state index in [2.05, 4.69) is 4.72 Å². The van der Waals surface area contributed by atoms with E-state index in [0.29, 0.717) is 12.5 Å². The summed E-state index contributed by atoms with van der Waals surface area (Å²) in [6.45, 7) is 0.316. The van der Waals surface area contributed by atoms with Gasteiger partial charge in [-0.1, -0.05) is 12.1 Å². The van der Waals surface area contributed by atoms with Gasteiger partial charge < -0.3 is 5.73 Å². The fourth-order valence-corrected chi connectivity index (χ4v) is 3.30. The van der Waals surface area contributed by atoms with Crippen molar-refractivity contribution in [3.63, 3.8) is 0 Å². The van der Waals surface area contributed by atoms with Crippen molar-refractivity contribution in [2.45, 2.75) is 30.2 Å². The molecule has 0 heterocycles. The highest BCUT2D eigenvalue weighted by molar-refractivity contribution is 7.89. The van der Waals surface area contributed by atoms with Gasteiger partial charge in [0.25, 0.3) is 0 Å². The summed E-state index contributed by atoms with van der Waals surface area (Å²) >= 11 is 0. The minimum Gasteiger partial charge on any atom is -0.329 e. The Labute approximate surface area is 113 Å². The molecule has 1 aliphatic carbocycles. The maximum absolute atomic E-state index is 12.2. The van der Waals surface area contributed by atoms with E-state index in [1.807, 2.05) is 6.07 Å². The highest BCUT2D eigenvalue weighted by Crippen LogP contribution is 2.32. The van der Waals surface area contributed by atoms with E-state index in [4.69, 9.17) is 11.0 Å². The van der Waals surface area contributed by atoms with Crippen LogP contribution in [-0.2, 0) is 16.4 Å². The first-order chi connectivity index (χ1) is 9.06. The van der Waals surface area contributed by atoms with E-state index in [9.17, 15) is 8.42 Å². The Morgan fingerprint density at radius 3 is 2.47 bits per heavy atom. The van der Waals surface area contributed by atoms with Gasteiger partial charge in [0.2, 0.25) is 10.0 Å². The summed E-state index contributed by atoms with van der Waals surface area (Å²) < 4.78 is 27.0. The second-order valence-electron chi connectivity index (χ2n) is 4.78. The Morgan fingerprint density at radius 1 is 1.37 bits per heavy atom. The Hall–Kier alpha value is -1.42. The van der Waals surface area contributed by atoms with Crippen molar-refractivity contribution in [1.82, 2.24) is 4.72 Å². The van der Waals surface area contributed by atoms with Crippen molar-refractivity contribution in [3.05, 3.63) is 29.8 Å². The van der Waals surface area contributed by atoms with Crippen molar-refractivity contribution in [3.8, 4) is 6.07 Å². The zero-order valence-electron chi connectivity index (χ0n) is 10.5. The van der Waals surface area contributed by atoms with Crippen molar-refractivity contribution in [2.75, 3.05) is 6.54 Å². The standard InChI is InChI=1S/C13H17N3O2S/c14-8-7-10-1-5-12(6-2-10)19(17,18)16-13(9-15)11-3-4-11/h1-2,5-6,11,13,16H,3-4,7,9,15H2. The summed E-state index contributed by atoms with van der Waals surface area (Å²) in [7, 11) is -3.52. The first kappa shape index (κ1) is 14.0. The van der Waals surface area contributed by atoms with Crippen LogP contribution in [0.5, 0.6) is 0 Å². The quantitative estimate of drug-likeness (QED) is 0.803. The third kappa shape index (κ3) is 3.53. The Kier molecular flexibility index (Phi) is 4.20. The van der Waals surface area contributed by atoms with Crippen LogP contribution in [0, 0.1) is 17.2 Å². The van der Waals surface area contributed by atoms with Gasteiger partial charge in [0.05, 0.1) is 17.4 Å². The van der Waals surface area contributed by atoms with Crippen molar-refractivity contribution >= 4 is 10.0 Å². The van der Waals surface area contributed by atoms with Gasteiger partial charge >= 0.3 is 0 Å². The first-order valence-electron chi connectivity index (χ1n) is 6.25. The summed E-state index contributed by atoms with van der Waals surface area (Å²) in [5, 5.41) is 8.57. The number of benzene rings is 1. The summed E-state index contributed by atoms with van der Waals surface area (Å²) in [6.07, 6.45) is 2.35. The molecule has 0 amide bonds. The zero-order valence-corrected chi connectivity index (χ0v) is 11.4. The maximum atomic E-state index is 12.2. The molecule has 0 aliphatic heterocycles. The number of rotatable bonds is 6. The minimum atomic E-state index is -3.52. The van der Waals surface area contributed by atoms with Crippen molar-refractivity contribution in [2.24, 2.45) is 11.7 Å². The molecule has 0 radical (unpaired) electrons. The van der Waals surface area contributed by atoms with Crippen LogP contribution in [0.25, 0.3) is 0 Å². The summed E-state index contributed by atoms with van der Waals surface area (Å²) in [4.78, 5) is 0.216. The van der Waals surface area contributed by atoms with Gasteiger partial charge in [0.1, 0.15) is 0 Å². The molecule has 6 heteroatoms. The number of nitrogens with two attached hydrogens (primary N) is 1. The first-order valence-corrected chi connectivity index (χ1v) is 7.73. The molecule has 1 aromatic rings. The number of hydrogen-bond donors (Lipinski definition) is 2. The van der Waals surface area contributed by atoms with Crippen LogP contribution in [0.1, 0.15) is 18.4 Å². The van der Waals surface area contributed by atoms with Crippen LogP contribution < -0.4 is 10.5 Å². The molecule has 2 rings (SSSR count). The molecule has 1 fully saturated rings. The van der Waals surface area contributed by atoms with Gasteiger partial charge in [0.15, 0.2) is 0 Å². The number of nitrogens with zero attached hydrogens (tertiary/aromatic N) is 1. The number of hydrogen-bond acceptors (Lipinski definition) is 4. The lowest BCUT2D eigenvalue weighted by atomic mass is 10.2. The average molecular weight is 279 g/mol. The summed E-state index contributed by atoms with van der Waals surface area (Å²) in [5.74, 6) is 0.373. The molecule has 1 saturated carbocycles. The van der Waals surface area contributed by atoms with E-state index in [1.165, 1.54) is 12.1 Å². The second kappa shape index (κ2) is 5.70. The number of nitrogens with one attached hydrogen (secondary N) is 1. The molecule has 1 atom stereocenters. The van der Waals surface area contributed by atoms with Gasteiger partial charge in [-0.05, 0) is 36.5 Å². The fourth-order valence-electron chi connectivity index (χ4n) is 1.98. The molecular weight excluding hydrogens is 262 g/mol. The predicted octanol–water partition coefficient (Wildman–Crippen LogP) is 0.768. The number of nitriles is 1. The lowest BCUT2D eigenvalue weighted by molar-refractivity contribution is 0.519. The van der Waals surface area contributed by atoms with Crippen LogP contribution >= 0.6 is 0 Å². The van der Waals surface area contributed by atoms with Gasteiger partial charge in [-0.2, -0.15) is 5.26 Å². The van der Waals surface area contributed by atoms with E-state index in [1.54, 1.807) is 12.1 Å². The maximum Gasteiger partial charge on any atom is 0.240 e. The molecule has 5 nitrogen and oxygen atoms in total. The molecule has 1 unspecified atom stereocenters. The fraction of sp³-hybridized carbons (Fsp3) is 0.462. The molecule has 0 saturated heterocycles. The van der Waals surface area contributed by atoms with Gasteiger partial charge in [-0.25, -0.2) is 13.1 Å². The van der Waals surface area contributed by atoms with Crippen LogP contribution in [0.2, 0.25) is 0 Å². The van der Waals surface area contributed by atoms with Crippen LogP contribution in [0.3, 0.4) is 0 Å². The topological polar surface area (TPSA) is 96.0 Å². The smallest absolute Gasteiger partial charge is 0.240 e. The minimum absolute atomic E-state index is 0.177. The highest BCUT2D eigenvalue weighted by Gasteiger charge is 2.33. The van der Waals surface area contributed by atoms with Gasteiger partial charge in [0, 0.05) is 12.6 Å². The van der Waals surface area contributed by atoms with Crippen LogP contribution in [0.4, 0.5) is 0 Å². The van der Waals surface area contributed by atoms with Crippen LogP contribution in [-0.4, -0.2) is 21.0 Å². The van der Waals surface area contributed by atoms with Crippen LogP contribution in [0.15, 0.2) is 29.2 Å². The Balaban J connectivity index is 2.12. The Bertz CT molecular complexity index is 571. The molecule has 1 aromatic carbocycles. The molecule has 1 aliphatic rings. The SMILES string of the molecule is N#CCc1ccc(S(=O)(=O)NC(CN)C2CC2)cc1. The monoisotopic (exact) mass is 279 g/mol. The third-order valence-electron chi connectivity index (χ3n) is 3.27. The largest absolute Gasteiger partial charge is 0.329 e. The van der Waals surface area contributed by atoms with Crippen molar-refractivity contribution < 1.29 is 8.42 Å². The molecule has 19 heavy (non-hydrogen) atoms. The highest BCUT2D eigenvalue weighted by atomic mass is 32.2. The van der Waals surface area contributed by atoms with E-state index in [0.717, 1.165) is 18.4 Å². The van der Waals surface area contributed by atoms with Gasteiger partial charge in [-0.3, -0.25) is 0 Å². The van der Waals surface area contributed by atoms with E-state index >= 15 is 0 Å². The average Bonchev–Trinajstić information content (AvgIpc) is 3.21.